The maximum Gasteiger partial charge on any atom is 0.270 e. The Morgan fingerprint density at radius 3 is 2.94 bits per heavy atom. The maximum absolute atomic E-state index is 10.7. The van der Waals surface area contributed by atoms with Gasteiger partial charge in [0.2, 0.25) is 0 Å². The minimum absolute atomic E-state index is 0.0649. The van der Waals surface area contributed by atoms with E-state index in [4.69, 9.17) is 0 Å². The largest absolute Gasteiger partial charge is 0.270 e. The molecule has 1 aromatic heterocycles. The molecule has 2 aromatic rings. The molecule has 0 saturated heterocycles. The van der Waals surface area contributed by atoms with Gasteiger partial charge in [-0.25, -0.2) is 0 Å². The molecule has 94 valence electrons. The van der Waals surface area contributed by atoms with Gasteiger partial charge in [-0.3, -0.25) is 10.1 Å². The van der Waals surface area contributed by atoms with Gasteiger partial charge in [-0.1, -0.05) is 46.3 Å². The molecule has 0 saturated carbocycles. The van der Waals surface area contributed by atoms with Gasteiger partial charge in [0.05, 0.1) is 9.75 Å². The van der Waals surface area contributed by atoms with Crippen LogP contribution in [0.1, 0.15) is 23.2 Å². The van der Waals surface area contributed by atoms with Crippen molar-refractivity contribution < 1.29 is 4.92 Å². The van der Waals surface area contributed by atoms with Crippen molar-refractivity contribution in [3.05, 3.63) is 39.4 Å². The van der Waals surface area contributed by atoms with Crippen molar-refractivity contribution in [2.75, 3.05) is 0 Å². The molecular formula is C11H10BrN3O2S. The minimum Gasteiger partial charge on any atom is -0.258 e. The second-order valence-electron chi connectivity index (χ2n) is 3.63. The third-order valence-electron chi connectivity index (χ3n) is 2.37. The molecular weight excluding hydrogens is 318 g/mol. The zero-order valence-corrected chi connectivity index (χ0v) is 11.9. The van der Waals surface area contributed by atoms with E-state index in [0.717, 1.165) is 17.0 Å². The summed E-state index contributed by atoms with van der Waals surface area (Å²) in [6.07, 6.45) is 0.920. The summed E-state index contributed by atoms with van der Waals surface area (Å²) in [5, 5.41) is 20.5. The summed E-state index contributed by atoms with van der Waals surface area (Å²) in [6.45, 7) is 2.05. The van der Waals surface area contributed by atoms with E-state index >= 15 is 0 Å². The molecule has 0 amide bonds. The van der Waals surface area contributed by atoms with Gasteiger partial charge in [0.25, 0.3) is 5.69 Å². The van der Waals surface area contributed by atoms with Crippen molar-refractivity contribution in [1.29, 1.82) is 0 Å². The van der Waals surface area contributed by atoms with Gasteiger partial charge in [0.1, 0.15) is 10.0 Å². The van der Waals surface area contributed by atoms with E-state index in [9.17, 15) is 10.1 Å². The fourth-order valence-corrected chi connectivity index (χ4v) is 2.68. The average molecular weight is 328 g/mol. The molecule has 0 aliphatic carbocycles. The zero-order valence-electron chi connectivity index (χ0n) is 9.54. The van der Waals surface area contributed by atoms with Crippen molar-refractivity contribution in [3.63, 3.8) is 0 Å². The van der Waals surface area contributed by atoms with Crippen LogP contribution in [0.5, 0.6) is 0 Å². The summed E-state index contributed by atoms with van der Waals surface area (Å²) in [5.41, 5.74) is 0.791. The highest BCUT2D eigenvalue weighted by atomic mass is 79.9. The van der Waals surface area contributed by atoms with Crippen LogP contribution in [0, 0.1) is 10.1 Å². The SMILES string of the molecule is CCC(Br)c1nnc(-c2cccc([N+](=O)[O-])c2)s1. The lowest BCUT2D eigenvalue weighted by molar-refractivity contribution is -0.384. The smallest absolute Gasteiger partial charge is 0.258 e. The molecule has 0 N–H and O–H groups in total. The molecule has 0 aliphatic rings. The van der Waals surface area contributed by atoms with Gasteiger partial charge in [-0.15, -0.1) is 10.2 Å². The van der Waals surface area contributed by atoms with E-state index in [-0.39, 0.29) is 10.5 Å². The monoisotopic (exact) mass is 327 g/mol. The van der Waals surface area contributed by atoms with Gasteiger partial charge in [0, 0.05) is 17.7 Å². The number of hydrogen-bond donors (Lipinski definition) is 0. The molecule has 0 fully saturated rings. The standard InChI is InChI=1S/C11H10BrN3O2S/c1-2-9(12)11-14-13-10(18-11)7-4-3-5-8(6-7)15(16)17/h3-6,9H,2H2,1H3. The second-order valence-corrected chi connectivity index (χ2v) is 5.74. The molecule has 0 aliphatic heterocycles. The molecule has 0 radical (unpaired) electrons. The number of nitro benzene ring substituents is 1. The van der Waals surface area contributed by atoms with Gasteiger partial charge in [-0.05, 0) is 6.42 Å². The summed E-state index contributed by atoms with van der Waals surface area (Å²) in [7, 11) is 0. The van der Waals surface area contributed by atoms with Crippen LogP contribution >= 0.6 is 27.3 Å². The van der Waals surface area contributed by atoms with E-state index in [2.05, 4.69) is 26.1 Å². The Hall–Kier alpha value is -1.34. The lowest BCUT2D eigenvalue weighted by Gasteiger charge is -1.98. The zero-order chi connectivity index (χ0) is 13.1. The number of benzene rings is 1. The minimum atomic E-state index is -0.412. The van der Waals surface area contributed by atoms with E-state index in [0.29, 0.717) is 5.01 Å². The average Bonchev–Trinajstić information content (AvgIpc) is 2.87. The first kappa shape index (κ1) is 13.1. The predicted molar refractivity (Wildman–Crippen MR) is 74.0 cm³/mol. The first-order chi connectivity index (χ1) is 8.61. The van der Waals surface area contributed by atoms with Crippen molar-refractivity contribution in [3.8, 4) is 10.6 Å². The molecule has 1 atom stereocenters. The van der Waals surface area contributed by atoms with E-state index < -0.39 is 4.92 Å². The molecule has 7 heteroatoms. The van der Waals surface area contributed by atoms with Crippen LogP contribution in [0.2, 0.25) is 0 Å². The predicted octanol–water partition coefficient (Wildman–Crippen LogP) is 3.96. The quantitative estimate of drug-likeness (QED) is 0.484. The Balaban J connectivity index is 2.34. The molecule has 5 nitrogen and oxygen atoms in total. The summed E-state index contributed by atoms with van der Waals surface area (Å²) in [5.74, 6) is 0. The number of non-ortho nitro benzene ring substituents is 1. The Morgan fingerprint density at radius 2 is 2.28 bits per heavy atom. The van der Waals surface area contributed by atoms with Crippen molar-refractivity contribution >= 4 is 33.0 Å². The summed E-state index contributed by atoms with van der Waals surface area (Å²) in [4.78, 5) is 10.5. The summed E-state index contributed by atoms with van der Waals surface area (Å²) >= 11 is 4.96. The number of alkyl halides is 1. The molecule has 2 rings (SSSR count). The van der Waals surface area contributed by atoms with Crippen molar-refractivity contribution in [1.82, 2.24) is 10.2 Å². The topological polar surface area (TPSA) is 68.9 Å². The molecule has 0 bridgehead atoms. The maximum atomic E-state index is 10.7. The first-order valence-electron chi connectivity index (χ1n) is 5.34. The van der Waals surface area contributed by atoms with Crippen LogP contribution in [-0.4, -0.2) is 15.1 Å². The number of nitrogens with zero attached hydrogens (tertiary/aromatic N) is 3. The second kappa shape index (κ2) is 5.53. The van der Waals surface area contributed by atoms with Crippen LogP contribution in [-0.2, 0) is 0 Å². The number of aromatic nitrogens is 2. The number of halogens is 1. The molecule has 18 heavy (non-hydrogen) atoms. The number of nitro groups is 1. The summed E-state index contributed by atoms with van der Waals surface area (Å²) < 4.78 is 0. The van der Waals surface area contributed by atoms with E-state index in [1.807, 2.05) is 6.92 Å². The number of rotatable bonds is 4. The van der Waals surface area contributed by atoms with Crippen LogP contribution in [0.25, 0.3) is 10.6 Å². The normalized spacial score (nSPS) is 12.3. The molecule has 1 heterocycles. The molecule has 1 unspecified atom stereocenters. The first-order valence-corrected chi connectivity index (χ1v) is 7.07. The molecule has 1 aromatic carbocycles. The highest BCUT2D eigenvalue weighted by Crippen LogP contribution is 2.33. The lowest BCUT2D eigenvalue weighted by Crippen LogP contribution is -1.87. The summed E-state index contributed by atoms with van der Waals surface area (Å²) in [6, 6.07) is 6.43. The van der Waals surface area contributed by atoms with Gasteiger partial charge in [0.15, 0.2) is 0 Å². The van der Waals surface area contributed by atoms with Gasteiger partial charge >= 0.3 is 0 Å². The van der Waals surface area contributed by atoms with Crippen LogP contribution in [0.15, 0.2) is 24.3 Å². The fraction of sp³-hybridized carbons (Fsp3) is 0.273. The highest BCUT2D eigenvalue weighted by Gasteiger charge is 2.14. The fourth-order valence-electron chi connectivity index (χ4n) is 1.40. The highest BCUT2D eigenvalue weighted by molar-refractivity contribution is 9.09. The van der Waals surface area contributed by atoms with Crippen molar-refractivity contribution in [2.45, 2.75) is 18.2 Å². The van der Waals surface area contributed by atoms with Crippen LogP contribution < -0.4 is 0 Å². The Labute approximate surface area is 116 Å². The Bertz CT molecular complexity index is 573. The van der Waals surface area contributed by atoms with Gasteiger partial charge in [-0.2, -0.15) is 0 Å². The van der Waals surface area contributed by atoms with Gasteiger partial charge < -0.3 is 0 Å². The van der Waals surface area contributed by atoms with E-state index in [1.165, 1.54) is 23.5 Å². The van der Waals surface area contributed by atoms with Crippen LogP contribution in [0.3, 0.4) is 0 Å². The van der Waals surface area contributed by atoms with E-state index in [1.54, 1.807) is 12.1 Å². The third-order valence-corrected chi connectivity index (χ3v) is 4.84. The lowest BCUT2D eigenvalue weighted by atomic mass is 10.2. The Kier molecular flexibility index (Phi) is 4.03. The molecule has 0 spiro atoms. The number of hydrogen-bond acceptors (Lipinski definition) is 5. The van der Waals surface area contributed by atoms with Crippen molar-refractivity contribution in [2.24, 2.45) is 0 Å². The van der Waals surface area contributed by atoms with Crippen LogP contribution in [0.4, 0.5) is 5.69 Å². The Morgan fingerprint density at radius 1 is 1.50 bits per heavy atom. The third kappa shape index (κ3) is 2.73.